The van der Waals surface area contributed by atoms with Gasteiger partial charge in [-0.05, 0) is 30.7 Å². The predicted octanol–water partition coefficient (Wildman–Crippen LogP) is 4.98. The lowest BCUT2D eigenvalue weighted by atomic mass is 10.1. The Hall–Kier alpha value is -1.39. The standard InChI is InChI=1S/C15H13BrN2S/c1-10-2-4-11(5-3-10)9-17-15-18-13-8-12(16)6-7-14(13)19-15/h2-8H,9H2,1H3,(H,17,18). The third kappa shape index (κ3) is 2.96. The number of aryl methyl sites for hydroxylation is 1. The van der Waals surface area contributed by atoms with Crippen molar-refractivity contribution in [1.82, 2.24) is 4.98 Å². The van der Waals surface area contributed by atoms with Crippen molar-refractivity contribution in [2.24, 2.45) is 0 Å². The lowest BCUT2D eigenvalue weighted by Crippen LogP contribution is -1.98. The average molecular weight is 333 g/mol. The Balaban J connectivity index is 1.76. The molecule has 2 nitrogen and oxygen atoms in total. The van der Waals surface area contributed by atoms with Crippen LogP contribution in [0, 0.1) is 6.92 Å². The summed E-state index contributed by atoms with van der Waals surface area (Å²) < 4.78 is 2.27. The molecule has 1 N–H and O–H groups in total. The van der Waals surface area contributed by atoms with Gasteiger partial charge in [0.15, 0.2) is 5.13 Å². The van der Waals surface area contributed by atoms with Crippen LogP contribution in [0.5, 0.6) is 0 Å². The molecule has 2 aromatic carbocycles. The van der Waals surface area contributed by atoms with E-state index in [1.807, 2.05) is 12.1 Å². The lowest BCUT2D eigenvalue weighted by molar-refractivity contribution is 1.14. The van der Waals surface area contributed by atoms with Crippen molar-refractivity contribution in [3.63, 3.8) is 0 Å². The molecule has 0 bridgehead atoms. The van der Waals surface area contributed by atoms with Crippen LogP contribution in [0.15, 0.2) is 46.9 Å². The van der Waals surface area contributed by atoms with Crippen molar-refractivity contribution < 1.29 is 0 Å². The molecule has 4 heteroatoms. The zero-order valence-corrected chi connectivity index (χ0v) is 12.9. The van der Waals surface area contributed by atoms with Crippen molar-refractivity contribution in [2.75, 3.05) is 5.32 Å². The molecule has 0 radical (unpaired) electrons. The van der Waals surface area contributed by atoms with Gasteiger partial charge in [0.05, 0.1) is 10.2 Å². The van der Waals surface area contributed by atoms with E-state index in [2.05, 4.69) is 63.5 Å². The van der Waals surface area contributed by atoms with Crippen LogP contribution >= 0.6 is 27.3 Å². The summed E-state index contributed by atoms with van der Waals surface area (Å²) >= 11 is 5.15. The quantitative estimate of drug-likeness (QED) is 0.731. The number of fused-ring (bicyclic) bond motifs is 1. The zero-order valence-electron chi connectivity index (χ0n) is 10.5. The minimum absolute atomic E-state index is 0.807. The first-order chi connectivity index (χ1) is 9.20. The van der Waals surface area contributed by atoms with Crippen LogP contribution in [-0.2, 0) is 6.54 Å². The number of halogens is 1. The maximum Gasteiger partial charge on any atom is 0.184 e. The maximum absolute atomic E-state index is 4.58. The third-order valence-electron chi connectivity index (χ3n) is 2.91. The summed E-state index contributed by atoms with van der Waals surface area (Å²) in [6.07, 6.45) is 0. The number of hydrogen-bond acceptors (Lipinski definition) is 3. The van der Waals surface area contributed by atoms with Gasteiger partial charge in [-0.1, -0.05) is 57.1 Å². The van der Waals surface area contributed by atoms with E-state index in [0.717, 1.165) is 21.7 Å². The molecule has 96 valence electrons. The number of rotatable bonds is 3. The number of hydrogen-bond donors (Lipinski definition) is 1. The molecule has 0 saturated heterocycles. The average Bonchev–Trinajstić information content (AvgIpc) is 2.80. The van der Waals surface area contributed by atoms with Gasteiger partial charge in [-0.25, -0.2) is 4.98 Å². The summed E-state index contributed by atoms with van der Waals surface area (Å²) in [6.45, 7) is 2.91. The minimum Gasteiger partial charge on any atom is -0.357 e. The molecule has 0 aliphatic heterocycles. The highest BCUT2D eigenvalue weighted by Gasteiger charge is 2.03. The Morgan fingerprint density at radius 2 is 1.95 bits per heavy atom. The van der Waals surface area contributed by atoms with E-state index in [1.54, 1.807) is 11.3 Å². The van der Waals surface area contributed by atoms with Gasteiger partial charge >= 0.3 is 0 Å². The summed E-state index contributed by atoms with van der Waals surface area (Å²) in [5.74, 6) is 0. The van der Waals surface area contributed by atoms with Gasteiger partial charge in [-0.2, -0.15) is 0 Å². The molecule has 0 spiro atoms. The van der Waals surface area contributed by atoms with Crippen LogP contribution < -0.4 is 5.32 Å². The molecule has 0 unspecified atom stereocenters. The van der Waals surface area contributed by atoms with Gasteiger partial charge in [0.25, 0.3) is 0 Å². The first-order valence-corrected chi connectivity index (χ1v) is 7.67. The summed E-state index contributed by atoms with van der Waals surface area (Å²) in [5, 5.41) is 4.35. The molecule has 3 rings (SSSR count). The van der Waals surface area contributed by atoms with Crippen molar-refractivity contribution in [3.05, 3.63) is 58.1 Å². The molecular weight excluding hydrogens is 320 g/mol. The van der Waals surface area contributed by atoms with Crippen molar-refractivity contribution in [3.8, 4) is 0 Å². The number of aromatic nitrogens is 1. The van der Waals surface area contributed by atoms with E-state index in [1.165, 1.54) is 15.8 Å². The fourth-order valence-electron chi connectivity index (χ4n) is 1.86. The largest absolute Gasteiger partial charge is 0.357 e. The fraction of sp³-hybridized carbons (Fsp3) is 0.133. The summed E-state index contributed by atoms with van der Waals surface area (Å²) in [6, 6.07) is 14.7. The van der Waals surface area contributed by atoms with Gasteiger partial charge in [0, 0.05) is 11.0 Å². The molecule has 0 saturated carbocycles. The number of nitrogens with one attached hydrogen (secondary N) is 1. The summed E-state index contributed by atoms with van der Waals surface area (Å²) in [4.78, 5) is 4.58. The molecule has 0 aliphatic rings. The summed E-state index contributed by atoms with van der Waals surface area (Å²) in [5.41, 5.74) is 3.59. The molecule has 0 amide bonds. The smallest absolute Gasteiger partial charge is 0.184 e. The van der Waals surface area contributed by atoms with E-state index in [0.29, 0.717) is 0 Å². The molecule has 3 aromatic rings. The Labute approximate surface area is 124 Å². The van der Waals surface area contributed by atoms with Crippen LogP contribution in [0.4, 0.5) is 5.13 Å². The topological polar surface area (TPSA) is 24.9 Å². The molecule has 0 fully saturated rings. The van der Waals surface area contributed by atoms with Crippen LogP contribution in [-0.4, -0.2) is 4.98 Å². The minimum atomic E-state index is 0.807. The molecular formula is C15H13BrN2S. The Morgan fingerprint density at radius 1 is 1.16 bits per heavy atom. The number of anilines is 1. The van der Waals surface area contributed by atoms with E-state index < -0.39 is 0 Å². The van der Waals surface area contributed by atoms with Crippen LogP contribution in [0.1, 0.15) is 11.1 Å². The Kier molecular flexibility index (Phi) is 3.53. The second-order valence-electron chi connectivity index (χ2n) is 4.47. The lowest BCUT2D eigenvalue weighted by Gasteiger charge is -2.02. The normalized spacial score (nSPS) is 10.8. The highest BCUT2D eigenvalue weighted by Crippen LogP contribution is 2.28. The highest BCUT2D eigenvalue weighted by atomic mass is 79.9. The highest BCUT2D eigenvalue weighted by molar-refractivity contribution is 9.10. The Morgan fingerprint density at radius 3 is 2.74 bits per heavy atom. The van der Waals surface area contributed by atoms with Crippen LogP contribution in [0.3, 0.4) is 0 Å². The van der Waals surface area contributed by atoms with Gasteiger partial charge in [-0.3, -0.25) is 0 Å². The van der Waals surface area contributed by atoms with E-state index in [9.17, 15) is 0 Å². The van der Waals surface area contributed by atoms with Gasteiger partial charge in [0.2, 0.25) is 0 Å². The second-order valence-corrected chi connectivity index (χ2v) is 6.42. The van der Waals surface area contributed by atoms with E-state index in [4.69, 9.17) is 0 Å². The second kappa shape index (κ2) is 5.31. The van der Waals surface area contributed by atoms with Gasteiger partial charge < -0.3 is 5.32 Å². The van der Waals surface area contributed by atoms with Crippen molar-refractivity contribution in [2.45, 2.75) is 13.5 Å². The first kappa shape index (κ1) is 12.6. The summed E-state index contributed by atoms with van der Waals surface area (Å²) in [7, 11) is 0. The van der Waals surface area contributed by atoms with Gasteiger partial charge in [-0.15, -0.1) is 0 Å². The number of thiazole rings is 1. The monoisotopic (exact) mass is 332 g/mol. The molecule has 1 heterocycles. The Bertz CT molecular complexity index is 704. The van der Waals surface area contributed by atoms with Gasteiger partial charge in [0.1, 0.15) is 0 Å². The van der Waals surface area contributed by atoms with Crippen molar-refractivity contribution >= 4 is 42.6 Å². The molecule has 0 atom stereocenters. The zero-order chi connectivity index (χ0) is 13.2. The fourth-order valence-corrected chi connectivity index (χ4v) is 3.05. The number of nitrogens with zero attached hydrogens (tertiary/aromatic N) is 1. The van der Waals surface area contributed by atoms with Crippen molar-refractivity contribution in [1.29, 1.82) is 0 Å². The molecule has 1 aromatic heterocycles. The molecule has 0 aliphatic carbocycles. The SMILES string of the molecule is Cc1ccc(CNc2nc3cc(Br)ccc3s2)cc1. The predicted molar refractivity (Wildman–Crippen MR) is 85.8 cm³/mol. The maximum atomic E-state index is 4.58. The third-order valence-corrected chi connectivity index (χ3v) is 4.40. The van der Waals surface area contributed by atoms with Crippen LogP contribution in [0.2, 0.25) is 0 Å². The van der Waals surface area contributed by atoms with E-state index >= 15 is 0 Å². The van der Waals surface area contributed by atoms with E-state index in [-0.39, 0.29) is 0 Å². The van der Waals surface area contributed by atoms with Crippen LogP contribution in [0.25, 0.3) is 10.2 Å². The first-order valence-electron chi connectivity index (χ1n) is 6.06. The molecule has 19 heavy (non-hydrogen) atoms. The number of benzene rings is 2.